The van der Waals surface area contributed by atoms with E-state index in [9.17, 15) is 0 Å². The fourth-order valence-electron chi connectivity index (χ4n) is 3.58. The first kappa shape index (κ1) is 19.6. The number of likely N-dealkylation sites (tertiary alicyclic amines) is 1. The molecule has 1 aromatic carbocycles. The number of nitrogens with one attached hydrogen (secondary N) is 1. The van der Waals surface area contributed by atoms with Crippen molar-refractivity contribution >= 4 is 21.9 Å². The summed E-state index contributed by atoms with van der Waals surface area (Å²) in [5.41, 5.74) is 1.24. The third-order valence-corrected chi connectivity index (χ3v) is 5.58. The highest BCUT2D eigenvalue weighted by molar-refractivity contribution is 9.10. The van der Waals surface area contributed by atoms with Crippen LogP contribution in [-0.4, -0.2) is 56.4 Å². The quantitative estimate of drug-likeness (QED) is 0.580. The van der Waals surface area contributed by atoms with E-state index in [1.807, 2.05) is 13.1 Å². The maximum absolute atomic E-state index is 6.11. The number of hydrogen-bond acceptors (Lipinski definition) is 3. The fraction of sp³-hybridized carbons (Fsp3) is 0.650. The number of benzene rings is 1. The summed E-state index contributed by atoms with van der Waals surface area (Å²) in [5, 5.41) is 3.48. The minimum absolute atomic E-state index is 0.307. The number of guanidine groups is 1. The molecule has 1 atom stereocenters. The van der Waals surface area contributed by atoms with Crippen LogP contribution >= 0.6 is 15.9 Å². The Morgan fingerprint density at radius 3 is 2.85 bits per heavy atom. The molecule has 2 aliphatic heterocycles. The Morgan fingerprint density at radius 1 is 1.31 bits per heavy atom. The molecule has 5 nitrogen and oxygen atoms in total. The molecule has 2 fully saturated rings. The van der Waals surface area contributed by atoms with Gasteiger partial charge >= 0.3 is 0 Å². The van der Waals surface area contributed by atoms with Crippen LogP contribution in [-0.2, 0) is 16.0 Å². The van der Waals surface area contributed by atoms with Gasteiger partial charge in [0.05, 0.1) is 18.8 Å². The van der Waals surface area contributed by atoms with Crippen LogP contribution in [0.3, 0.4) is 0 Å². The predicted molar refractivity (Wildman–Crippen MR) is 108 cm³/mol. The van der Waals surface area contributed by atoms with Crippen LogP contribution in [0.4, 0.5) is 0 Å². The van der Waals surface area contributed by atoms with Crippen molar-refractivity contribution in [3.8, 4) is 0 Å². The van der Waals surface area contributed by atoms with Crippen molar-refractivity contribution in [2.75, 3.05) is 33.4 Å². The van der Waals surface area contributed by atoms with Crippen molar-refractivity contribution in [1.29, 1.82) is 0 Å². The standard InChI is InChI=1S/C20H30BrN3O2/c1-22-20(23-14-16-5-4-6-17(21)13-16)24-10-8-18(9-11-24)26-15-19-7-2-3-12-25-19/h4-6,13,18-19H,2-3,7-12,14-15H2,1H3,(H,22,23). The number of ether oxygens (including phenoxy) is 2. The Balaban J connectivity index is 1.39. The molecular weight excluding hydrogens is 394 g/mol. The summed E-state index contributed by atoms with van der Waals surface area (Å²) in [6.07, 6.45) is 6.36. The smallest absolute Gasteiger partial charge is 0.193 e. The highest BCUT2D eigenvalue weighted by Crippen LogP contribution is 2.18. The van der Waals surface area contributed by atoms with E-state index in [1.165, 1.54) is 18.4 Å². The zero-order valence-corrected chi connectivity index (χ0v) is 17.2. The van der Waals surface area contributed by atoms with Gasteiger partial charge in [0.2, 0.25) is 0 Å². The summed E-state index contributed by atoms with van der Waals surface area (Å²) in [6, 6.07) is 8.36. The molecule has 0 amide bonds. The van der Waals surface area contributed by atoms with Gasteiger partial charge in [0.25, 0.3) is 0 Å². The molecule has 0 spiro atoms. The summed E-state index contributed by atoms with van der Waals surface area (Å²) in [7, 11) is 1.85. The van der Waals surface area contributed by atoms with Crippen LogP contribution in [0.25, 0.3) is 0 Å². The average Bonchev–Trinajstić information content (AvgIpc) is 2.69. The molecule has 6 heteroatoms. The number of piperidine rings is 1. The molecule has 1 aromatic rings. The number of nitrogens with zero attached hydrogens (tertiary/aromatic N) is 2. The van der Waals surface area contributed by atoms with E-state index in [2.05, 4.69) is 49.3 Å². The molecule has 0 saturated carbocycles. The fourth-order valence-corrected chi connectivity index (χ4v) is 4.02. The summed E-state index contributed by atoms with van der Waals surface area (Å²) >= 11 is 3.52. The second-order valence-corrected chi connectivity index (χ2v) is 7.95. The first-order valence-electron chi connectivity index (χ1n) is 9.68. The third kappa shape index (κ3) is 5.96. The van der Waals surface area contributed by atoms with Gasteiger partial charge in [-0.25, -0.2) is 0 Å². The minimum Gasteiger partial charge on any atom is -0.376 e. The van der Waals surface area contributed by atoms with E-state index in [0.717, 1.165) is 62.5 Å². The van der Waals surface area contributed by atoms with E-state index in [4.69, 9.17) is 9.47 Å². The molecule has 26 heavy (non-hydrogen) atoms. The lowest BCUT2D eigenvalue weighted by Gasteiger charge is -2.35. The van der Waals surface area contributed by atoms with Crippen molar-refractivity contribution in [2.45, 2.75) is 50.9 Å². The second-order valence-electron chi connectivity index (χ2n) is 7.04. The first-order chi connectivity index (χ1) is 12.7. The lowest BCUT2D eigenvalue weighted by atomic mass is 10.1. The van der Waals surface area contributed by atoms with Gasteiger partial charge < -0.3 is 19.7 Å². The monoisotopic (exact) mass is 423 g/mol. The van der Waals surface area contributed by atoms with Gasteiger partial charge in [0, 0.05) is 37.8 Å². The summed E-state index contributed by atoms with van der Waals surface area (Å²) in [4.78, 5) is 6.78. The Bertz CT molecular complexity index is 582. The number of halogens is 1. The van der Waals surface area contributed by atoms with Crippen LogP contribution in [0.2, 0.25) is 0 Å². The average molecular weight is 424 g/mol. The SMILES string of the molecule is CN=C(NCc1cccc(Br)c1)N1CCC(OCC2CCCCO2)CC1. The van der Waals surface area contributed by atoms with Crippen LogP contribution in [0.1, 0.15) is 37.7 Å². The van der Waals surface area contributed by atoms with Gasteiger partial charge in [-0.1, -0.05) is 28.1 Å². The van der Waals surface area contributed by atoms with E-state index in [-0.39, 0.29) is 0 Å². The zero-order chi connectivity index (χ0) is 18.2. The van der Waals surface area contributed by atoms with Crippen molar-refractivity contribution in [1.82, 2.24) is 10.2 Å². The molecule has 1 unspecified atom stereocenters. The van der Waals surface area contributed by atoms with Gasteiger partial charge in [0.1, 0.15) is 0 Å². The molecule has 2 saturated heterocycles. The Morgan fingerprint density at radius 2 is 2.15 bits per heavy atom. The molecule has 2 heterocycles. The van der Waals surface area contributed by atoms with Crippen LogP contribution in [0, 0.1) is 0 Å². The van der Waals surface area contributed by atoms with Gasteiger partial charge in [-0.2, -0.15) is 0 Å². The number of rotatable bonds is 5. The zero-order valence-electron chi connectivity index (χ0n) is 15.6. The van der Waals surface area contributed by atoms with Gasteiger partial charge in [-0.15, -0.1) is 0 Å². The molecule has 1 N–H and O–H groups in total. The Hall–Kier alpha value is -1.11. The van der Waals surface area contributed by atoms with Gasteiger partial charge in [-0.3, -0.25) is 4.99 Å². The molecule has 0 radical (unpaired) electrons. The van der Waals surface area contributed by atoms with E-state index >= 15 is 0 Å². The topological polar surface area (TPSA) is 46.1 Å². The van der Waals surface area contributed by atoms with E-state index in [0.29, 0.717) is 12.2 Å². The molecule has 0 aromatic heterocycles. The third-order valence-electron chi connectivity index (χ3n) is 5.08. The van der Waals surface area contributed by atoms with Crippen LogP contribution in [0.5, 0.6) is 0 Å². The van der Waals surface area contributed by atoms with Crippen LogP contribution in [0.15, 0.2) is 33.7 Å². The molecule has 2 aliphatic rings. The number of hydrogen-bond donors (Lipinski definition) is 1. The maximum Gasteiger partial charge on any atom is 0.193 e. The molecular formula is C20H30BrN3O2. The van der Waals surface area contributed by atoms with E-state index in [1.54, 1.807) is 0 Å². The first-order valence-corrected chi connectivity index (χ1v) is 10.5. The molecule has 3 rings (SSSR count). The minimum atomic E-state index is 0.307. The van der Waals surface area contributed by atoms with E-state index < -0.39 is 0 Å². The van der Waals surface area contributed by atoms with Crippen molar-refractivity contribution in [2.24, 2.45) is 4.99 Å². The predicted octanol–water partition coefficient (Wildman–Crippen LogP) is 3.57. The van der Waals surface area contributed by atoms with Crippen molar-refractivity contribution < 1.29 is 9.47 Å². The highest BCUT2D eigenvalue weighted by Gasteiger charge is 2.23. The molecule has 0 bridgehead atoms. The largest absolute Gasteiger partial charge is 0.376 e. The summed E-state index contributed by atoms with van der Waals surface area (Å²) < 4.78 is 13.0. The molecule has 0 aliphatic carbocycles. The molecule has 144 valence electrons. The second kappa shape index (κ2) is 10.3. The lowest BCUT2D eigenvalue weighted by Crippen LogP contribution is -2.47. The van der Waals surface area contributed by atoms with Gasteiger partial charge in [-0.05, 0) is 49.8 Å². The van der Waals surface area contributed by atoms with Crippen LogP contribution < -0.4 is 5.32 Å². The van der Waals surface area contributed by atoms with Crippen molar-refractivity contribution in [3.63, 3.8) is 0 Å². The maximum atomic E-state index is 6.11. The Labute approximate surface area is 165 Å². The van der Waals surface area contributed by atoms with Gasteiger partial charge in [0.15, 0.2) is 5.96 Å². The highest BCUT2D eigenvalue weighted by atomic mass is 79.9. The lowest BCUT2D eigenvalue weighted by molar-refractivity contribution is -0.0721. The summed E-state index contributed by atoms with van der Waals surface area (Å²) in [5.74, 6) is 0.971. The Kier molecular flexibility index (Phi) is 7.77. The number of aliphatic imine (C=N–C) groups is 1. The van der Waals surface area contributed by atoms with Crippen molar-refractivity contribution in [3.05, 3.63) is 34.3 Å². The normalized spacial score (nSPS) is 22.5. The summed E-state index contributed by atoms with van der Waals surface area (Å²) in [6.45, 7) is 4.39.